The summed E-state index contributed by atoms with van der Waals surface area (Å²) in [6.45, 7) is 2.86. The molecule has 0 bridgehead atoms. The number of hydrazine groups is 1. The highest BCUT2D eigenvalue weighted by atomic mass is 16.2. The van der Waals surface area contributed by atoms with Gasteiger partial charge >= 0.3 is 6.03 Å². The monoisotopic (exact) mass is 383 g/mol. The standard InChI is InChI=1S/C23H49N3O/c1-2-3-4-5-6-7-8-9-10-11-12-13-14-15-16-17-18-19-20-21-22-26(25)23(24)27/h2-22,25H2,1H3,(H2,24,27). The molecule has 162 valence electrons. The van der Waals surface area contributed by atoms with Crippen LogP contribution in [0.25, 0.3) is 0 Å². The minimum Gasteiger partial charge on any atom is -0.350 e. The molecular formula is C23H49N3O. The summed E-state index contributed by atoms with van der Waals surface area (Å²) in [5, 5.41) is 1.11. The maximum Gasteiger partial charge on any atom is 0.328 e. The second kappa shape index (κ2) is 21.5. The van der Waals surface area contributed by atoms with E-state index in [0.717, 1.165) is 17.9 Å². The molecular weight excluding hydrogens is 334 g/mol. The van der Waals surface area contributed by atoms with Crippen LogP contribution in [0.1, 0.15) is 135 Å². The molecule has 4 nitrogen and oxygen atoms in total. The summed E-state index contributed by atoms with van der Waals surface area (Å²) in [4.78, 5) is 10.8. The van der Waals surface area contributed by atoms with Crippen molar-refractivity contribution in [1.29, 1.82) is 0 Å². The van der Waals surface area contributed by atoms with Gasteiger partial charge in [0.05, 0.1) is 0 Å². The van der Waals surface area contributed by atoms with Gasteiger partial charge in [-0.05, 0) is 6.42 Å². The van der Waals surface area contributed by atoms with Crippen molar-refractivity contribution in [2.75, 3.05) is 6.54 Å². The smallest absolute Gasteiger partial charge is 0.328 e. The molecule has 0 aromatic carbocycles. The van der Waals surface area contributed by atoms with E-state index in [1.807, 2.05) is 0 Å². The van der Waals surface area contributed by atoms with Crippen LogP contribution in [0.4, 0.5) is 4.79 Å². The zero-order valence-electron chi connectivity index (χ0n) is 18.4. The Bertz CT molecular complexity index is 310. The van der Waals surface area contributed by atoms with Crippen LogP contribution >= 0.6 is 0 Å². The maximum atomic E-state index is 10.8. The quantitative estimate of drug-likeness (QED) is 0.0963. The Kier molecular flexibility index (Phi) is 20.9. The molecule has 0 heterocycles. The molecule has 0 atom stereocenters. The largest absolute Gasteiger partial charge is 0.350 e. The van der Waals surface area contributed by atoms with Crippen LogP contribution < -0.4 is 11.6 Å². The van der Waals surface area contributed by atoms with Gasteiger partial charge in [-0.3, -0.25) is 5.01 Å². The SMILES string of the molecule is CCCCCCCCCCCCCCCCCCCCCCN(N)C(N)=O. The van der Waals surface area contributed by atoms with Crippen molar-refractivity contribution in [2.24, 2.45) is 11.6 Å². The van der Waals surface area contributed by atoms with Crippen LogP contribution in [0.2, 0.25) is 0 Å². The Morgan fingerprint density at radius 2 is 0.815 bits per heavy atom. The van der Waals surface area contributed by atoms with Gasteiger partial charge < -0.3 is 5.73 Å². The van der Waals surface area contributed by atoms with Gasteiger partial charge in [-0.25, -0.2) is 10.6 Å². The van der Waals surface area contributed by atoms with Gasteiger partial charge in [0.1, 0.15) is 0 Å². The lowest BCUT2D eigenvalue weighted by atomic mass is 10.0. The molecule has 0 saturated carbocycles. The molecule has 0 aliphatic carbocycles. The van der Waals surface area contributed by atoms with Gasteiger partial charge in [-0.15, -0.1) is 0 Å². The molecule has 27 heavy (non-hydrogen) atoms. The lowest BCUT2D eigenvalue weighted by molar-refractivity contribution is 0.207. The van der Waals surface area contributed by atoms with Crippen molar-refractivity contribution in [3.05, 3.63) is 0 Å². The minimum atomic E-state index is -0.534. The molecule has 4 heteroatoms. The highest BCUT2D eigenvalue weighted by Gasteiger charge is 2.02. The maximum absolute atomic E-state index is 10.8. The normalized spacial score (nSPS) is 11.0. The van der Waals surface area contributed by atoms with Crippen molar-refractivity contribution in [1.82, 2.24) is 5.01 Å². The van der Waals surface area contributed by atoms with Gasteiger partial charge in [-0.2, -0.15) is 0 Å². The molecule has 0 fully saturated rings. The molecule has 0 aliphatic heterocycles. The number of rotatable bonds is 21. The van der Waals surface area contributed by atoms with Crippen molar-refractivity contribution in [3.63, 3.8) is 0 Å². The van der Waals surface area contributed by atoms with E-state index in [2.05, 4.69) is 6.92 Å². The summed E-state index contributed by atoms with van der Waals surface area (Å²) in [6.07, 6.45) is 27.4. The summed E-state index contributed by atoms with van der Waals surface area (Å²) in [7, 11) is 0. The van der Waals surface area contributed by atoms with Crippen LogP contribution in [-0.4, -0.2) is 17.6 Å². The number of hydrogen-bond donors (Lipinski definition) is 2. The Hall–Kier alpha value is -0.770. The van der Waals surface area contributed by atoms with E-state index < -0.39 is 6.03 Å². The fourth-order valence-electron chi connectivity index (χ4n) is 3.65. The van der Waals surface area contributed by atoms with Gasteiger partial charge in [0, 0.05) is 6.54 Å². The fraction of sp³-hybridized carbons (Fsp3) is 0.957. The van der Waals surface area contributed by atoms with E-state index in [1.165, 1.54) is 116 Å². The molecule has 0 unspecified atom stereocenters. The van der Waals surface area contributed by atoms with Gasteiger partial charge in [0.2, 0.25) is 0 Å². The first kappa shape index (κ1) is 26.2. The third-order valence-electron chi connectivity index (χ3n) is 5.54. The van der Waals surface area contributed by atoms with Crippen LogP contribution in [0.5, 0.6) is 0 Å². The molecule has 4 N–H and O–H groups in total. The minimum absolute atomic E-state index is 0.534. The summed E-state index contributed by atoms with van der Waals surface area (Å²) < 4.78 is 0. The first-order valence-corrected chi connectivity index (χ1v) is 12.0. The molecule has 0 aliphatic rings. The van der Waals surface area contributed by atoms with Crippen LogP contribution in [0, 0.1) is 0 Å². The summed E-state index contributed by atoms with van der Waals surface area (Å²) in [6, 6.07) is -0.534. The lowest BCUT2D eigenvalue weighted by Crippen LogP contribution is -2.41. The number of amides is 2. The van der Waals surface area contributed by atoms with Gasteiger partial charge in [0.25, 0.3) is 0 Å². The van der Waals surface area contributed by atoms with E-state index >= 15 is 0 Å². The van der Waals surface area contributed by atoms with E-state index in [-0.39, 0.29) is 0 Å². The Labute approximate surface area is 169 Å². The highest BCUT2D eigenvalue weighted by molar-refractivity contribution is 5.71. The van der Waals surface area contributed by atoms with Crippen molar-refractivity contribution in [2.45, 2.75) is 135 Å². The van der Waals surface area contributed by atoms with E-state index in [1.54, 1.807) is 0 Å². The number of carbonyl (C=O) groups excluding carboxylic acids is 1. The number of unbranched alkanes of at least 4 members (excludes halogenated alkanes) is 19. The summed E-state index contributed by atoms with van der Waals surface area (Å²) >= 11 is 0. The first-order valence-electron chi connectivity index (χ1n) is 12.0. The predicted molar refractivity (Wildman–Crippen MR) is 118 cm³/mol. The third kappa shape index (κ3) is 21.4. The van der Waals surface area contributed by atoms with Crippen LogP contribution in [-0.2, 0) is 0 Å². The van der Waals surface area contributed by atoms with Crippen molar-refractivity contribution < 1.29 is 4.79 Å². The fourth-order valence-corrected chi connectivity index (χ4v) is 3.65. The Morgan fingerprint density at radius 3 is 1.07 bits per heavy atom. The van der Waals surface area contributed by atoms with E-state index in [4.69, 9.17) is 11.6 Å². The average molecular weight is 384 g/mol. The number of urea groups is 1. The predicted octanol–water partition coefficient (Wildman–Crippen LogP) is 7.06. The molecule has 0 aromatic rings. The second-order valence-electron chi connectivity index (χ2n) is 8.25. The van der Waals surface area contributed by atoms with Crippen LogP contribution in [0.15, 0.2) is 0 Å². The van der Waals surface area contributed by atoms with Crippen molar-refractivity contribution in [3.8, 4) is 0 Å². The van der Waals surface area contributed by atoms with Gasteiger partial charge in [0.15, 0.2) is 0 Å². The van der Waals surface area contributed by atoms with Crippen molar-refractivity contribution >= 4 is 6.03 Å². The third-order valence-corrected chi connectivity index (χ3v) is 5.54. The summed E-state index contributed by atoms with van der Waals surface area (Å²) in [5.41, 5.74) is 5.08. The second-order valence-corrected chi connectivity index (χ2v) is 8.25. The number of nitrogens with zero attached hydrogens (tertiary/aromatic N) is 1. The molecule has 0 rings (SSSR count). The molecule has 0 spiro atoms. The number of primary amides is 1. The van der Waals surface area contributed by atoms with E-state index in [0.29, 0.717) is 6.54 Å². The Morgan fingerprint density at radius 1 is 0.556 bits per heavy atom. The topological polar surface area (TPSA) is 72.3 Å². The summed E-state index contributed by atoms with van der Waals surface area (Å²) in [5.74, 6) is 5.46. The number of nitrogens with two attached hydrogens (primary N) is 2. The van der Waals surface area contributed by atoms with Crippen LogP contribution in [0.3, 0.4) is 0 Å². The average Bonchev–Trinajstić information content (AvgIpc) is 2.66. The molecule has 0 radical (unpaired) electrons. The number of hydrogen-bond acceptors (Lipinski definition) is 2. The highest BCUT2D eigenvalue weighted by Crippen LogP contribution is 2.14. The van der Waals surface area contributed by atoms with Gasteiger partial charge in [-0.1, -0.05) is 129 Å². The zero-order valence-corrected chi connectivity index (χ0v) is 18.4. The van der Waals surface area contributed by atoms with E-state index in [9.17, 15) is 4.79 Å². The molecule has 2 amide bonds. The first-order chi connectivity index (χ1) is 13.2. The number of carbonyl (C=O) groups is 1. The zero-order chi connectivity index (χ0) is 20.0. The lowest BCUT2D eigenvalue weighted by Gasteiger charge is -2.12. The molecule has 0 saturated heterocycles. The Balaban J connectivity index is 3.04. The molecule has 0 aromatic heterocycles.